The van der Waals surface area contributed by atoms with Crippen molar-refractivity contribution in [2.45, 2.75) is 62.5 Å². The number of hydrogen-bond acceptors (Lipinski definition) is 9. The van der Waals surface area contributed by atoms with Crippen LogP contribution >= 0.6 is 0 Å². The Hall–Kier alpha value is -3.92. The summed E-state index contributed by atoms with van der Waals surface area (Å²) in [6.07, 6.45) is -1.55. The zero-order chi connectivity index (χ0) is 28.7. The van der Waals surface area contributed by atoms with E-state index in [1.165, 1.54) is 50.2 Å². The molecule has 0 aliphatic rings. The third-order valence-electron chi connectivity index (χ3n) is 4.79. The van der Waals surface area contributed by atoms with E-state index in [9.17, 15) is 22.8 Å². The van der Waals surface area contributed by atoms with Gasteiger partial charge < -0.3 is 18.9 Å². The Bertz CT molecular complexity index is 1300. The van der Waals surface area contributed by atoms with Crippen molar-refractivity contribution < 1.29 is 41.7 Å². The lowest BCUT2D eigenvalue weighted by Crippen LogP contribution is -2.27. The molecule has 2 aromatic carbocycles. The minimum Gasteiger partial charge on any atom is -0.458 e. The van der Waals surface area contributed by atoms with Crippen molar-refractivity contribution in [2.24, 2.45) is 0 Å². The van der Waals surface area contributed by atoms with Gasteiger partial charge in [-0.3, -0.25) is 0 Å². The van der Waals surface area contributed by atoms with Crippen LogP contribution in [0.2, 0.25) is 0 Å². The SMILES string of the molecule is C=C(C)C(=O)OCC(Cc1ccc(S(=O)(=O)c2ccc(OC(=O)OC(C)(C)C)cc2)cc1)OC(=O)C(=C)C. The fourth-order valence-corrected chi connectivity index (χ4v) is 4.20. The number of benzene rings is 2. The van der Waals surface area contributed by atoms with Gasteiger partial charge in [0, 0.05) is 17.6 Å². The molecule has 1 unspecified atom stereocenters. The summed E-state index contributed by atoms with van der Waals surface area (Å²) >= 11 is 0. The van der Waals surface area contributed by atoms with Crippen molar-refractivity contribution in [3.63, 3.8) is 0 Å². The van der Waals surface area contributed by atoms with Crippen LogP contribution in [0.15, 0.2) is 82.6 Å². The molecule has 204 valence electrons. The lowest BCUT2D eigenvalue weighted by Gasteiger charge is -2.18. The summed E-state index contributed by atoms with van der Waals surface area (Å²) < 4.78 is 46.8. The first-order chi connectivity index (χ1) is 17.6. The van der Waals surface area contributed by atoms with Gasteiger partial charge in [-0.1, -0.05) is 25.3 Å². The second-order valence-corrected chi connectivity index (χ2v) is 11.5. The van der Waals surface area contributed by atoms with E-state index in [1.807, 2.05) is 0 Å². The molecule has 0 N–H and O–H groups in total. The van der Waals surface area contributed by atoms with Crippen molar-refractivity contribution in [3.8, 4) is 5.75 Å². The van der Waals surface area contributed by atoms with E-state index in [0.717, 1.165) is 0 Å². The van der Waals surface area contributed by atoms with Crippen LogP contribution in [0.4, 0.5) is 4.79 Å². The summed E-state index contributed by atoms with van der Waals surface area (Å²) in [6, 6.07) is 11.4. The number of sulfone groups is 1. The first-order valence-corrected chi connectivity index (χ1v) is 13.1. The van der Waals surface area contributed by atoms with Crippen LogP contribution in [0.5, 0.6) is 5.75 Å². The summed E-state index contributed by atoms with van der Waals surface area (Å²) in [5, 5.41) is 0. The van der Waals surface area contributed by atoms with E-state index in [2.05, 4.69) is 13.2 Å². The molecule has 0 saturated carbocycles. The van der Waals surface area contributed by atoms with Crippen molar-refractivity contribution in [3.05, 3.63) is 78.4 Å². The highest BCUT2D eigenvalue weighted by atomic mass is 32.2. The van der Waals surface area contributed by atoms with Crippen molar-refractivity contribution in [1.82, 2.24) is 0 Å². The van der Waals surface area contributed by atoms with Crippen LogP contribution in [0.25, 0.3) is 0 Å². The maximum atomic E-state index is 13.1. The zero-order valence-electron chi connectivity index (χ0n) is 22.1. The second-order valence-electron chi connectivity index (χ2n) is 9.58. The van der Waals surface area contributed by atoms with Crippen molar-refractivity contribution >= 4 is 27.9 Å². The highest BCUT2D eigenvalue weighted by Gasteiger charge is 2.22. The van der Waals surface area contributed by atoms with E-state index < -0.39 is 39.6 Å². The minimum atomic E-state index is -3.87. The van der Waals surface area contributed by atoms with Crippen molar-refractivity contribution in [1.29, 1.82) is 0 Å². The third kappa shape index (κ3) is 9.19. The zero-order valence-corrected chi connectivity index (χ0v) is 22.9. The average Bonchev–Trinajstić information content (AvgIpc) is 2.81. The van der Waals surface area contributed by atoms with Gasteiger partial charge in [-0.15, -0.1) is 0 Å². The van der Waals surface area contributed by atoms with Gasteiger partial charge >= 0.3 is 18.1 Å². The Kier molecular flexibility index (Phi) is 10.0. The van der Waals surface area contributed by atoms with E-state index in [4.69, 9.17) is 18.9 Å². The number of carbonyl (C=O) groups excluding carboxylic acids is 3. The molecule has 0 radical (unpaired) electrons. The lowest BCUT2D eigenvalue weighted by molar-refractivity contribution is -0.153. The molecule has 38 heavy (non-hydrogen) atoms. The summed E-state index contributed by atoms with van der Waals surface area (Å²) in [5.41, 5.74) is 0.309. The molecule has 9 nitrogen and oxygen atoms in total. The number of carbonyl (C=O) groups is 3. The largest absolute Gasteiger partial charge is 0.514 e. The fourth-order valence-electron chi connectivity index (χ4n) is 2.94. The Labute approximate surface area is 223 Å². The Balaban J connectivity index is 2.14. The maximum absolute atomic E-state index is 13.1. The smallest absolute Gasteiger partial charge is 0.458 e. The highest BCUT2D eigenvalue weighted by molar-refractivity contribution is 7.91. The average molecular weight is 545 g/mol. The van der Waals surface area contributed by atoms with Gasteiger partial charge in [-0.2, -0.15) is 0 Å². The van der Waals surface area contributed by atoms with Gasteiger partial charge in [-0.05, 0) is 76.6 Å². The molecule has 0 bridgehead atoms. The van der Waals surface area contributed by atoms with Crippen LogP contribution in [0, 0.1) is 0 Å². The fraction of sp³-hybridized carbons (Fsp3) is 0.321. The molecule has 10 heteroatoms. The minimum absolute atomic E-state index is 0.00163. The Morgan fingerprint density at radius 2 is 1.34 bits per heavy atom. The molecular formula is C28H32O9S. The number of ether oxygens (including phenoxy) is 4. The van der Waals surface area contributed by atoms with Crippen LogP contribution in [-0.4, -0.2) is 44.8 Å². The summed E-state index contributed by atoms with van der Waals surface area (Å²) in [7, 11) is -3.87. The van der Waals surface area contributed by atoms with E-state index >= 15 is 0 Å². The van der Waals surface area contributed by atoms with Gasteiger partial charge in [0.15, 0.2) is 0 Å². The number of rotatable bonds is 10. The molecule has 0 aliphatic carbocycles. The molecule has 0 amide bonds. The van der Waals surface area contributed by atoms with Crippen LogP contribution < -0.4 is 4.74 Å². The first-order valence-electron chi connectivity index (χ1n) is 11.6. The number of hydrogen-bond donors (Lipinski definition) is 0. The first kappa shape index (κ1) is 30.3. The molecule has 0 fully saturated rings. The van der Waals surface area contributed by atoms with Crippen LogP contribution in [0.1, 0.15) is 40.2 Å². The Morgan fingerprint density at radius 3 is 1.82 bits per heavy atom. The predicted molar refractivity (Wildman–Crippen MR) is 139 cm³/mol. The molecule has 0 aromatic heterocycles. The monoisotopic (exact) mass is 544 g/mol. The second kappa shape index (κ2) is 12.6. The molecule has 2 rings (SSSR count). The van der Waals surface area contributed by atoms with Crippen LogP contribution in [0.3, 0.4) is 0 Å². The molecule has 0 heterocycles. The van der Waals surface area contributed by atoms with Gasteiger partial charge in [0.1, 0.15) is 24.1 Å². The molecule has 1 atom stereocenters. The molecule has 0 aliphatic heterocycles. The van der Waals surface area contributed by atoms with E-state index in [-0.39, 0.29) is 39.7 Å². The summed E-state index contributed by atoms with van der Waals surface area (Å²) in [5.74, 6) is -1.12. The molecule has 0 saturated heterocycles. The van der Waals surface area contributed by atoms with Gasteiger partial charge in [0.05, 0.1) is 9.79 Å². The lowest BCUT2D eigenvalue weighted by atomic mass is 10.1. The van der Waals surface area contributed by atoms with Crippen molar-refractivity contribution in [2.75, 3.05) is 6.61 Å². The molecule has 0 spiro atoms. The topological polar surface area (TPSA) is 122 Å². The molecule has 2 aromatic rings. The summed E-state index contributed by atoms with van der Waals surface area (Å²) in [4.78, 5) is 35.6. The number of esters is 2. The Morgan fingerprint density at radius 1 is 0.842 bits per heavy atom. The van der Waals surface area contributed by atoms with E-state index in [0.29, 0.717) is 5.56 Å². The highest BCUT2D eigenvalue weighted by Crippen LogP contribution is 2.24. The third-order valence-corrected chi connectivity index (χ3v) is 6.58. The normalized spacial score (nSPS) is 12.1. The maximum Gasteiger partial charge on any atom is 0.514 e. The van der Waals surface area contributed by atoms with Gasteiger partial charge in [0.2, 0.25) is 9.84 Å². The van der Waals surface area contributed by atoms with E-state index in [1.54, 1.807) is 32.9 Å². The standard InChI is InChI=1S/C28H32O9S/c1-18(2)25(29)34-17-22(35-26(30)19(3)4)16-20-8-12-23(13-9-20)38(32,33)24-14-10-21(11-15-24)36-27(31)37-28(5,6)7/h8-15,22H,1,3,16-17H2,2,4-7H3. The van der Waals surface area contributed by atoms with Crippen LogP contribution in [-0.2, 0) is 40.1 Å². The quantitative estimate of drug-likeness (QED) is 0.176. The van der Waals surface area contributed by atoms with Gasteiger partial charge in [-0.25, -0.2) is 22.8 Å². The van der Waals surface area contributed by atoms with Gasteiger partial charge in [0.25, 0.3) is 0 Å². The summed E-state index contributed by atoms with van der Waals surface area (Å²) in [6.45, 7) is 14.9. The molecular weight excluding hydrogens is 512 g/mol. The predicted octanol–water partition coefficient (Wildman–Crippen LogP) is 4.98.